The molecular formula is C13H26N2O. The summed E-state index contributed by atoms with van der Waals surface area (Å²) in [4.78, 5) is 2.64. The van der Waals surface area contributed by atoms with Gasteiger partial charge in [0.25, 0.3) is 0 Å². The van der Waals surface area contributed by atoms with Crippen LogP contribution >= 0.6 is 0 Å². The minimum absolute atomic E-state index is 0.349. The Morgan fingerprint density at radius 2 is 2.12 bits per heavy atom. The second kappa shape index (κ2) is 5.03. The molecule has 3 heteroatoms. The van der Waals surface area contributed by atoms with Gasteiger partial charge in [-0.2, -0.15) is 0 Å². The molecule has 0 spiro atoms. The summed E-state index contributed by atoms with van der Waals surface area (Å²) in [6.07, 6.45) is 2.49. The van der Waals surface area contributed by atoms with E-state index in [-0.39, 0.29) is 0 Å². The van der Waals surface area contributed by atoms with Crippen LogP contribution in [0.15, 0.2) is 0 Å². The Bertz CT molecular complexity index is 218. The molecule has 0 aromatic rings. The van der Waals surface area contributed by atoms with Crippen molar-refractivity contribution in [2.24, 2.45) is 5.41 Å². The van der Waals surface area contributed by atoms with Crippen molar-refractivity contribution in [3.63, 3.8) is 0 Å². The molecule has 2 atom stereocenters. The van der Waals surface area contributed by atoms with Gasteiger partial charge in [-0.15, -0.1) is 0 Å². The lowest BCUT2D eigenvalue weighted by Gasteiger charge is -2.35. The van der Waals surface area contributed by atoms with Gasteiger partial charge in [-0.25, -0.2) is 0 Å². The van der Waals surface area contributed by atoms with Crippen LogP contribution in [0.1, 0.15) is 33.6 Å². The van der Waals surface area contributed by atoms with Gasteiger partial charge in [0, 0.05) is 25.2 Å². The van der Waals surface area contributed by atoms with E-state index < -0.39 is 0 Å². The highest BCUT2D eigenvalue weighted by molar-refractivity contribution is 4.88. The molecule has 2 unspecified atom stereocenters. The molecule has 2 rings (SSSR count). The van der Waals surface area contributed by atoms with Crippen LogP contribution in [-0.2, 0) is 4.74 Å². The Kier molecular flexibility index (Phi) is 3.88. The van der Waals surface area contributed by atoms with E-state index in [2.05, 4.69) is 31.0 Å². The first-order valence-corrected chi connectivity index (χ1v) is 6.62. The molecule has 0 aromatic heterocycles. The molecule has 0 radical (unpaired) electrons. The molecule has 0 bridgehead atoms. The topological polar surface area (TPSA) is 24.5 Å². The zero-order valence-electron chi connectivity index (χ0n) is 11.0. The molecule has 0 amide bonds. The van der Waals surface area contributed by atoms with E-state index in [4.69, 9.17) is 4.74 Å². The molecule has 2 saturated heterocycles. The Morgan fingerprint density at radius 3 is 2.75 bits per heavy atom. The van der Waals surface area contributed by atoms with Crippen LogP contribution in [0.2, 0.25) is 0 Å². The Morgan fingerprint density at radius 1 is 1.31 bits per heavy atom. The standard InChI is InChI=1S/C13H26N2O/c1-13(2,3)12-9-15(7-4-6-14-12)11-5-8-16-10-11/h11-12,14H,4-10H2,1-3H3. The Hall–Kier alpha value is -0.120. The van der Waals surface area contributed by atoms with Gasteiger partial charge >= 0.3 is 0 Å². The first-order chi connectivity index (χ1) is 7.57. The molecule has 2 fully saturated rings. The van der Waals surface area contributed by atoms with E-state index in [1.807, 2.05) is 0 Å². The third-order valence-corrected chi connectivity index (χ3v) is 3.90. The minimum Gasteiger partial charge on any atom is -0.380 e. The van der Waals surface area contributed by atoms with E-state index >= 15 is 0 Å². The number of nitrogens with one attached hydrogen (secondary N) is 1. The highest BCUT2D eigenvalue weighted by atomic mass is 16.5. The van der Waals surface area contributed by atoms with Crippen LogP contribution in [0.4, 0.5) is 0 Å². The third-order valence-electron chi connectivity index (χ3n) is 3.90. The lowest BCUT2D eigenvalue weighted by atomic mass is 9.86. The van der Waals surface area contributed by atoms with Gasteiger partial charge in [0.1, 0.15) is 0 Å². The van der Waals surface area contributed by atoms with Crippen molar-refractivity contribution in [3.05, 3.63) is 0 Å². The van der Waals surface area contributed by atoms with Crippen LogP contribution in [0.25, 0.3) is 0 Å². The third kappa shape index (κ3) is 2.96. The normalized spacial score (nSPS) is 33.9. The van der Waals surface area contributed by atoms with Crippen molar-refractivity contribution in [2.75, 3.05) is 32.8 Å². The summed E-state index contributed by atoms with van der Waals surface area (Å²) in [5, 5.41) is 3.69. The monoisotopic (exact) mass is 226 g/mol. The largest absolute Gasteiger partial charge is 0.380 e. The van der Waals surface area contributed by atoms with Crippen molar-refractivity contribution in [1.82, 2.24) is 10.2 Å². The van der Waals surface area contributed by atoms with Crippen LogP contribution in [0, 0.1) is 5.41 Å². The summed E-state index contributed by atoms with van der Waals surface area (Å²) in [7, 11) is 0. The zero-order chi connectivity index (χ0) is 11.6. The van der Waals surface area contributed by atoms with Gasteiger partial charge < -0.3 is 10.1 Å². The van der Waals surface area contributed by atoms with Gasteiger partial charge in [-0.3, -0.25) is 4.90 Å². The predicted molar refractivity (Wildman–Crippen MR) is 66.7 cm³/mol. The smallest absolute Gasteiger partial charge is 0.0622 e. The fourth-order valence-corrected chi connectivity index (χ4v) is 2.67. The molecule has 16 heavy (non-hydrogen) atoms. The number of nitrogens with zero attached hydrogens (tertiary/aromatic N) is 1. The van der Waals surface area contributed by atoms with Gasteiger partial charge in [-0.1, -0.05) is 20.8 Å². The molecule has 0 aliphatic carbocycles. The maximum Gasteiger partial charge on any atom is 0.0622 e. The number of hydrogen-bond acceptors (Lipinski definition) is 3. The van der Waals surface area contributed by atoms with E-state index in [1.54, 1.807) is 0 Å². The highest BCUT2D eigenvalue weighted by Crippen LogP contribution is 2.24. The van der Waals surface area contributed by atoms with Crippen LogP contribution in [-0.4, -0.2) is 49.8 Å². The van der Waals surface area contributed by atoms with E-state index in [9.17, 15) is 0 Å². The first-order valence-electron chi connectivity index (χ1n) is 6.62. The van der Waals surface area contributed by atoms with E-state index in [0.29, 0.717) is 17.5 Å². The summed E-state index contributed by atoms with van der Waals surface area (Å²) in [5.74, 6) is 0. The fraction of sp³-hybridized carbons (Fsp3) is 1.00. The summed E-state index contributed by atoms with van der Waals surface area (Å²) in [6.45, 7) is 12.5. The lowest BCUT2D eigenvalue weighted by molar-refractivity contribution is 0.126. The van der Waals surface area contributed by atoms with Crippen molar-refractivity contribution in [2.45, 2.75) is 45.7 Å². The molecule has 2 aliphatic rings. The fourth-order valence-electron chi connectivity index (χ4n) is 2.67. The quantitative estimate of drug-likeness (QED) is 0.733. The molecule has 0 aromatic carbocycles. The molecule has 94 valence electrons. The Balaban J connectivity index is 1.97. The maximum absolute atomic E-state index is 5.51. The number of hydrogen-bond donors (Lipinski definition) is 1. The van der Waals surface area contributed by atoms with E-state index in [1.165, 1.54) is 25.9 Å². The Labute approximate surface area is 99.5 Å². The van der Waals surface area contributed by atoms with Gasteiger partial charge in [-0.05, 0) is 31.3 Å². The second-order valence-corrected chi connectivity index (χ2v) is 6.24. The minimum atomic E-state index is 0.349. The van der Waals surface area contributed by atoms with Crippen molar-refractivity contribution < 1.29 is 4.74 Å². The number of ether oxygens (including phenoxy) is 1. The predicted octanol–water partition coefficient (Wildman–Crippen LogP) is 1.49. The molecule has 0 saturated carbocycles. The summed E-state index contributed by atoms with van der Waals surface area (Å²) in [6, 6.07) is 1.28. The average Bonchev–Trinajstić information content (AvgIpc) is 2.60. The van der Waals surface area contributed by atoms with Crippen LogP contribution in [0.5, 0.6) is 0 Å². The van der Waals surface area contributed by atoms with Crippen molar-refractivity contribution >= 4 is 0 Å². The highest BCUT2D eigenvalue weighted by Gasteiger charge is 2.32. The molecule has 2 aliphatic heterocycles. The van der Waals surface area contributed by atoms with Gasteiger partial charge in [0.05, 0.1) is 6.61 Å². The first kappa shape index (κ1) is 12.3. The molecular weight excluding hydrogens is 200 g/mol. The van der Waals surface area contributed by atoms with Gasteiger partial charge in [0.15, 0.2) is 0 Å². The van der Waals surface area contributed by atoms with Crippen molar-refractivity contribution in [1.29, 1.82) is 0 Å². The summed E-state index contributed by atoms with van der Waals surface area (Å²) >= 11 is 0. The summed E-state index contributed by atoms with van der Waals surface area (Å²) < 4.78 is 5.51. The van der Waals surface area contributed by atoms with Crippen LogP contribution in [0.3, 0.4) is 0 Å². The van der Waals surface area contributed by atoms with E-state index in [0.717, 1.165) is 19.8 Å². The van der Waals surface area contributed by atoms with Crippen LogP contribution < -0.4 is 5.32 Å². The average molecular weight is 226 g/mol. The SMILES string of the molecule is CC(C)(C)C1CN(C2CCOC2)CCCN1. The van der Waals surface area contributed by atoms with Gasteiger partial charge in [0.2, 0.25) is 0 Å². The van der Waals surface area contributed by atoms with Crippen molar-refractivity contribution in [3.8, 4) is 0 Å². The zero-order valence-corrected chi connectivity index (χ0v) is 11.0. The molecule has 2 heterocycles. The molecule has 1 N–H and O–H groups in total. The lowest BCUT2D eigenvalue weighted by Crippen LogP contribution is -2.48. The number of rotatable bonds is 1. The molecule has 3 nitrogen and oxygen atoms in total. The summed E-state index contributed by atoms with van der Waals surface area (Å²) in [5.41, 5.74) is 0.349. The maximum atomic E-state index is 5.51. The second-order valence-electron chi connectivity index (χ2n) is 6.24.